The number of rotatable bonds is 6. The predicted molar refractivity (Wildman–Crippen MR) is 75.0 cm³/mol. The van der Waals surface area contributed by atoms with E-state index in [4.69, 9.17) is 4.74 Å². The van der Waals surface area contributed by atoms with Gasteiger partial charge in [-0.1, -0.05) is 30.3 Å². The highest BCUT2D eigenvalue weighted by Crippen LogP contribution is 2.11. The van der Waals surface area contributed by atoms with Crippen molar-refractivity contribution in [2.45, 2.75) is 39.0 Å². The molecule has 0 aliphatic carbocycles. The minimum Gasteiger partial charge on any atom is -0.480 e. The van der Waals surface area contributed by atoms with Crippen molar-refractivity contribution in [3.8, 4) is 0 Å². The quantitative estimate of drug-likeness (QED) is 0.858. The van der Waals surface area contributed by atoms with Crippen molar-refractivity contribution in [1.82, 2.24) is 4.90 Å². The summed E-state index contributed by atoms with van der Waals surface area (Å²) in [7, 11) is 1.80. The maximum absolute atomic E-state index is 11.3. The number of carboxylic acid groups (broad SMARTS) is 1. The molecule has 19 heavy (non-hydrogen) atoms. The lowest BCUT2D eigenvalue weighted by molar-refractivity contribution is -0.147. The summed E-state index contributed by atoms with van der Waals surface area (Å²) in [6.07, 6.45) is 0. The molecule has 1 rings (SSSR count). The first-order valence-corrected chi connectivity index (χ1v) is 6.40. The number of nitrogens with zero attached hydrogens (tertiary/aromatic N) is 1. The Hall–Kier alpha value is -1.39. The fraction of sp³-hybridized carbons (Fsp3) is 0.533. The fourth-order valence-corrected chi connectivity index (χ4v) is 1.70. The van der Waals surface area contributed by atoms with Crippen molar-refractivity contribution in [2.24, 2.45) is 0 Å². The molecule has 0 fully saturated rings. The number of carbonyl (C=O) groups is 1. The highest BCUT2D eigenvalue weighted by atomic mass is 16.5. The smallest absolute Gasteiger partial charge is 0.323 e. The average molecular weight is 265 g/mol. The van der Waals surface area contributed by atoms with Crippen molar-refractivity contribution < 1.29 is 14.6 Å². The molecule has 4 nitrogen and oxygen atoms in total. The summed E-state index contributed by atoms with van der Waals surface area (Å²) in [5.74, 6) is -0.859. The molecule has 0 aliphatic rings. The van der Waals surface area contributed by atoms with Gasteiger partial charge < -0.3 is 9.84 Å². The van der Waals surface area contributed by atoms with Gasteiger partial charge >= 0.3 is 5.97 Å². The molecule has 1 atom stereocenters. The van der Waals surface area contributed by atoms with E-state index < -0.39 is 12.0 Å². The van der Waals surface area contributed by atoms with Crippen LogP contribution in [0.25, 0.3) is 0 Å². The van der Waals surface area contributed by atoms with Crippen molar-refractivity contribution in [3.63, 3.8) is 0 Å². The van der Waals surface area contributed by atoms with E-state index in [1.165, 1.54) is 0 Å². The molecule has 1 unspecified atom stereocenters. The number of benzene rings is 1. The Labute approximate surface area is 115 Å². The van der Waals surface area contributed by atoms with Crippen molar-refractivity contribution in [1.29, 1.82) is 0 Å². The van der Waals surface area contributed by atoms with Gasteiger partial charge in [0, 0.05) is 6.54 Å². The molecule has 0 heterocycles. The Bertz CT molecular complexity index is 398. The first-order valence-electron chi connectivity index (χ1n) is 6.40. The molecule has 0 amide bonds. The van der Waals surface area contributed by atoms with E-state index in [9.17, 15) is 9.90 Å². The molecule has 0 saturated heterocycles. The summed E-state index contributed by atoms with van der Waals surface area (Å²) in [5, 5.41) is 9.30. The van der Waals surface area contributed by atoms with E-state index in [0.29, 0.717) is 6.54 Å². The van der Waals surface area contributed by atoms with E-state index in [1.54, 1.807) is 11.9 Å². The van der Waals surface area contributed by atoms with Crippen LogP contribution < -0.4 is 0 Å². The van der Waals surface area contributed by atoms with Gasteiger partial charge in [0.15, 0.2) is 0 Å². The van der Waals surface area contributed by atoms with Gasteiger partial charge in [0.05, 0.1) is 12.2 Å². The van der Waals surface area contributed by atoms with Gasteiger partial charge in [-0.05, 0) is 33.4 Å². The second-order valence-corrected chi connectivity index (χ2v) is 5.68. The van der Waals surface area contributed by atoms with Crippen LogP contribution in [0, 0.1) is 0 Å². The molecule has 0 spiro atoms. The second kappa shape index (κ2) is 6.68. The zero-order valence-corrected chi connectivity index (χ0v) is 12.1. The summed E-state index contributed by atoms with van der Waals surface area (Å²) in [6, 6.07) is 9.18. The van der Waals surface area contributed by atoms with Crippen LogP contribution in [0.5, 0.6) is 0 Å². The minimum atomic E-state index is -0.859. The average Bonchev–Trinajstić information content (AvgIpc) is 2.28. The summed E-state index contributed by atoms with van der Waals surface area (Å²) >= 11 is 0. The van der Waals surface area contributed by atoms with Gasteiger partial charge in [-0.25, -0.2) is 0 Å². The van der Waals surface area contributed by atoms with E-state index in [1.807, 2.05) is 51.1 Å². The third kappa shape index (κ3) is 5.85. The maximum atomic E-state index is 11.3. The molecule has 1 aromatic rings. The molecule has 0 aliphatic heterocycles. The number of hydrogen-bond donors (Lipinski definition) is 1. The van der Waals surface area contributed by atoms with Gasteiger partial charge in [-0.2, -0.15) is 0 Å². The van der Waals surface area contributed by atoms with E-state index in [-0.39, 0.29) is 12.2 Å². The topological polar surface area (TPSA) is 49.8 Å². The Morgan fingerprint density at radius 1 is 1.32 bits per heavy atom. The van der Waals surface area contributed by atoms with Gasteiger partial charge in [-0.3, -0.25) is 9.69 Å². The molecule has 106 valence electrons. The molecule has 1 aromatic carbocycles. The second-order valence-electron chi connectivity index (χ2n) is 5.68. The molecule has 0 bridgehead atoms. The maximum Gasteiger partial charge on any atom is 0.323 e. The standard InChI is InChI=1S/C15H23NO3/c1-15(2,3)19-11-13(14(17)18)16(4)10-12-8-6-5-7-9-12/h5-9,13H,10-11H2,1-4H3,(H,17,18). The molecule has 1 N–H and O–H groups in total. The van der Waals surface area contributed by atoms with Crippen LogP contribution >= 0.6 is 0 Å². The summed E-state index contributed by atoms with van der Waals surface area (Å²) < 4.78 is 5.59. The predicted octanol–water partition coefficient (Wildman–Crippen LogP) is 2.39. The third-order valence-electron chi connectivity index (χ3n) is 2.77. The van der Waals surface area contributed by atoms with E-state index in [2.05, 4.69) is 0 Å². The monoisotopic (exact) mass is 265 g/mol. The molecular weight excluding hydrogens is 242 g/mol. The van der Waals surface area contributed by atoms with Gasteiger partial charge in [0.2, 0.25) is 0 Å². The van der Waals surface area contributed by atoms with Crippen LogP contribution in [0.3, 0.4) is 0 Å². The first kappa shape index (κ1) is 15.7. The number of likely N-dealkylation sites (N-methyl/N-ethyl adjacent to an activating group) is 1. The molecular formula is C15H23NO3. The molecule has 0 radical (unpaired) electrons. The van der Waals surface area contributed by atoms with Crippen LogP contribution in [-0.2, 0) is 16.1 Å². The number of ether oxygens (including phenoxy) is 1. The number of carboxylic acids is 1. The lowest BCUT2D eigenvalue weighted by Crippen LogP contribution is -2.43. The molecule has 0 aromatic heterocycles. The van der Waals surface area contributed by atoms with Crippen molar-refractivity contribution in [3.05, 3.63) is 35.9 Å². The summed E-state index contributed by atoms with van der Waals surface area (Å²) in [4.78, 5) is 13.1. The van der Waals surface area contributed by atoms with Crippen LogP contribution in [0.1, 0.15) is 26.3 Å². The lowest BCUT2D eigenvalue weighted by atomic mass is 10.1. The third-order valence-corrected chi connectivity index (χ3v) is 2.77. The van der Waals surface area contributed by atoms with Crippen molar-refractivity contribution >= 4 is 5.97 Å². The van der Waals surface area contributed by atoms with Gasteiger partial charge in [-0.15, -0.1) is 0 Å². The van der Waals surface area contributed by atoms with Gasteiger partial charge in [0.1, 0.15) is 6.04 Å². The zero-order valence-electron chi connectivity index (χ0n) is 12.1. The van der Waals surface area contributed by atoms with Crippen LogP contribution in [0.15, 0.2) is 30.3 Å². The Kier molecular flexibility index (Phi) is 5.51. The largest absolute Gasteiger partial charge is 0.480 e. The highest BCUT2D eigenvalue weighted by molar-refractivity contribution is 5.73. The fourth-order valence-electron chi connectivity index (χ4n) is 1.70. The van der Waals surface area contributed by atoms with Gasteiger partial charge in [0.25, 0.3) is 0 Å². The summed E-state index contributed by atoms with van der Waals surface area (Å²) in [6.45, 7) is 6.53. The highest BCUT2D eigenvalue weighted by Gasteiger charge is 2.25. The minimum absolute atomic E-state index is 0.183. The summed E-state index contributed by atoms with van der Waals surface area (Å²) in [5.41, 5.74) is 0.758. The lowest BCUT2D eigenvalue weighted by Gasteiger charge is -2.28. The van der Waals surface area contributed by atoms with Crippen LogP contribution in [0.4, 0.5) is 0 Å². The molecule has 0 saturated carbocycles. The van der Waals surface area contributed by atoms with E-state index >= 15 is 0 Å². The first-order chi connectivity index (χ1) is 8.79. The Morgan fingerprint density at radius 3 is 2.37 bits per heavy atom. The van der Waals surface area contributed by atoms with E-state index in [0.717, 1.165) is 5.56 Å². The normalized spacial score (nSPS) is 13.5. The Balaban J connectivity index is 2.63. The molecule has 4 heteroatoms. The van der Waals surface area contributed by atoms with Crippen molar-refractivity contribution in [2.75, 3.05) is 13.7 Å². The zero-order chi connectivity index (χ0) is 14.5. The number of hydrogen-bond acceptors (Lipinski definition) is 3. The number of aliphatic carboxylic acids is 1. The Morgan fingerprint density at radius 2 is 1.89 bits per heavy atom. The SMILES string of the molecule is CN(Cc1ccccc1)C(COC(C)(C)C)C(=O)O. The van der Waals surface area contributed by atoms with Crippen LogP contribution in [0.2, 0.25) is 0 Å². The van der Waals surface area contributed by atoms with Crippen LogP contribution in [-0.4, -0.2) is 41.3 Å².